The number of aryl methyl sites for hydroxylation is 1. The Hall–Kier alpha value is -2.85. The van der Waals surface area contributed by atoms with E-state index in [-0.39, 0.29) is 29.2 Å². The molecule has 3 heterocycles. The molecule has 0 radical (unpaired) electrons. The SMILES string of the molecule is CCC(=O)c1cnc(N2CCn3c(nc4cc(CO)c(S(C)(=O)=O)cc43)[C@@H]2C(C)C)nc1C. The van der Waals surface area contributed by atoms with Gasteiger partial charge in [0.2, 0.25) is 5.95 Å². The van der Waals surface area contributed by atoms with Crippen LogP contribution < -0.4 is 4.90 Å². The van der Waals surface area contributed by atoms with E-state index in [0.717, 1.165) is 17.6 Å². The molecule has 0 saturated carbocycles. The first-order chi connectivity index (χ1) is 15.6. The van der Waals surface area contributed by atoms with E-state index in [1.54, 1.807) is 18.3 Å². The molecule has 1 aliphatic heterocycles. The van der Waals surface area contributed by atoms with Crippen LogP contribution in [0.1, 0.15) is 60.7 Å². The van der Waals surface area contributed by atoms with Gasteiger partial charge in [0, 0.05) is 32.0 Å². The standard InChI is InChI=1S/C23H29N5O4S/c1-6-19(30)16-11-24-23(25-14(16)4)28-8-7-27-18-10-20(33(5,31)32)15(12-29)9-17(18)26-22(27)21(28)13(2)3/h9-11,13,21,29H,6-8,12H2,1-5H3/t21-/m0/s1. The lowest BCUT2D eigenvalue weighted by Crippen LogP contribution is -2.42. The van der Waals surface area contributed by atoms with Crippen molar-refractivity contribution >= 4 is 32.6 Å². The molecule has 0 fully saturated rings. The molecule has 1 aromatic carbocycles. The maximum Gasteiger partial charge on any atom is 0.226 e. The molecular formula is C23H29N5O4S. The number of benzene rings is 1. The van der Waals surface area contributed by atoms with E-state index in [9.17, 15) is 18.3 Å². The van der Waals surface area contributed by atoms with Crippen molar-refractivity contribution in [1.29, 1.82) is 0 Å². The summed E-state index contributed by atoms with van der Waals surface area (Å²) >= 11 is 0. The zero-order chi connectivity index (χ0) is 24.1. The first-order valence-corrected chi connectivity index (χ1v) is 12.9. The van der Waals surface area contributed by atoms with Crippen LogP contribution in [0.5, 0.6) is 0 Å². The summed E-state index contributed by atoms with van der Waals surface area (Å²) in [5.41, 5.74) is 2.91. The Kier molecular flexibility index (Phi) is 6.00. The van der Waals surface area contributed by atoms with Crippen LogP contribution in [-0.2, 0) is 23.0 Å². The molecule has 10 heteroatoms. The molecule has 176 valence electrons. The van der Waals surface area contributed by atoms with Crippen LogP contribution >= 0.6 is 0 Å². The molecule has 9 nitrogen and oxygen atoms in total. The molecule has 0 spiro atoms. The number of imidazole rings is 1. The summed E-state index contributed by atoms with van der Waals surface area (Å²) in [5.74, 6) is 1.52. The number of sulfone groups is 1. The molecule has 0 unspecified atom stereocenters. The smallest absolute Gasteiger partial charge is 0.226 e. The lowest BCUT2D eigenvalue weighted by molar-refractivity contribution is 0.0986. The number of hydrogen-bond acceptors (Lipinski definition) is 8. The molecular weight excluding hydrogens is 442 g/mol. The summed E-state index contributed by atoms with van der Waals surface area (Å²) in [4.78, 5) is 28.4. The lowest BCUT2D eigenvalue weighted by Gasteiger charge is -2.38. The Bertz CT molecular complexity index is 1350. The summed E-state index contributed by atoms with van der Waals surface area (Å²) in [6, 6.07) is 3.13. The molecule has 1 aliphatic rings. The number of nitrogens with zero attached hydrogens (tertiary/aromatic N) is 5. The van der Waals surface area contributed by atoms with E-state index in [0.29, 0.717) is 47.8 Å². The summed E-state index contributed by atoms with van der Waals surface area (Å²) in [6.45, 7) is 8.63. The number of anilines is 1. The van der Waals surface area contributed by atoms with Gasteiger partial charge in [-0.25, -0.2) is 23.4 Å². The molecule has 1 atom stereocenters. The van der Waals surface area contributed by atoms with Crippen molar-refractivity contribution in [3.05, 3.63) is 41.0 Å². The van der Waals surface area contributed by atoms with E-state index < -0.39 is 9.84 Å². The highest BCUT2D eigenvalue weighted by molar-refractivity contribution is 7.90. The normalized spacial score (nSPS) is 16.5. The Balaban J connectivity index is 1.84. The van der Waals surface area contributed by atoms with Gasteiger partial charge >= 0.3 is 0 Å². The molecule has 4 rings (SSSR count). The van der Waals surface area contributed by atoms with Crippen LogP contribution in [0.4, 0.5) is 5.95 Å². The van der Waals surface area contributed by atoms with Crippen LogP contribution in [0.15, 0.2) is 23.2 Å². The number of aliphatic hydroxyl groups is 1. The highest BCUT2D eigenvalue weighted by Gasteiger charge is 2.35. The molecule has 0 amide bonds. The molecule has 0 saturated heterocycles. The number of fused-ring (bicyclic) bond motifs is 3. The predicted molar refractivity (Wildman–Crippen MR) is 125 cm³/mol. The van der Waals surface area contributed by atoms with E-state index in [1.165, 1.54) is 0 Å². The van der Waals surface area contributed by atoms with E-state index >= 15 is 0 Å². The lowest BCUT2D eigenvalue weighted by atomic mass is 10.00. The van der Waals surface area contributed by atoms with Crippen molar-refractivity contribution < 1.29 is 18.3 Å². The summed E-state index contributed by atoms with van der Waals surface area (Å²) < 4.78 is 26.6. The highest BCUT2D eigenvalue weighted by atomic mass is 32.2. The number of hydrogen-bond donors (Lipinski definition) is 1. The predicted octanol–water partition coefficient (Wildman–Crippen LogP) is 2.84. The molecule has 3 aromatic rings. The maximum absolute atomic E-state index is 12.3. The second-order valence-electron chi connectivity index (χ2n) is 8.83. The third-order valence-corrected chi connectivity index (χ3v) is 7.35. The number of aliphatic hydroxyl groups excluding tert-OH is 1. The van der Waals surface area contributed by atoms with Gasteiger partial charge in [-0.1, -0.05) is 20.8 Å². The van der Waals surface area contributed by atoms with Crippen molar-refractivity contribution in [1.82, 2.24) is 19.5 Å². The fourth-order valence-electron chi connectivity index (χ4n) is 4.57. The minimum Gasteiger partial charge on any atom is -0.392 e. The Morgan fingerprint density at radius 3 is 2.55 bits per heavy atom. The third kappa shape index (κ3) is 4.02. The minimum atomic E-state index is -3.50. The van der Waals surface area contributed by atoms with Gasteiger partial charge in [-0.05, 0) is 30.5 Å². The van der Waals surface area contributed by atoms with Gasteiger partial charge in [0.25, 0.3) is 0 Å². The number of carbonyl (C=O) groups excluding carboxylic acids is 1. The largest absolute Gasteiger partial charge is 0.392 e. The minimum absolute atomic E-state index is 0.0151. The van der Waals surface area contributed by atoms with E-state index in [2.05, 4.69) is 28.7 Å². The number of ketones is 1. The Morgan fingerprint density at radius 1 is 1.24 bits per heavy atom. The molecule has 0 bridgehead atoms. The van der Waals surface area contributed by atoms with Crippen molar-refractivity contribution in [2.75, 3.05) is 17.7 Å². The number of Topliss-reactive ketones (excluding diaryl/α,β-unsaturated/α-hetero) is 1. The third-order valence-electron chi connectivity index (χ3n) is 6.17. The van der Waals surface area contributed by atoms with Crippen molar-refractivity contribution in [3.8, 4) is 0 Å². The number of carbonyl (C=O) groups is 1. The molecule has 0 aliphatic carbocycles. The molecule has 33 heavy (non-hydrogen) atoms. The first kappa shape index (κ1) is 23.3. The van der Waals surface area contributed by atoms with Crippen LogP contribution in [0.2, 0.25) is 0 Å². The Labute approximate surface area is 193 Å². The Morgan fingerprint density at radius 2 is 1.97 bits per heavy atom. The zero-order valence-corrected chi connectivity index (χ0v) is 20.3. The second-order valence-corrected chi connectivity index (χ2v) is 10.8. The van der Waals surface area contributed by atoms with Crippen LogP contribution in [0, 0.1) is 12.8 Å². The van der Waals surface area contributed by atoms with E-state index in [4.69, 9.17) is 4.98 Å². The summed E-state index contributed by atoms with van der Waals surface area (Å²) in [7, 11) is -3.50. The van der Waals surface area contributed by atoms with Gasteiger partial charge < -0.3 is 14.6 Å². The van der Waals surface area contributed by atoms with Crippen LogP contribution in [0.25, 0.3) is 11.0 Å². The average molecular weight is 472 g/mol. The fraction of sp³-hybridized carbons (Fsp3) is 0.478. The van der Waals surface area contributed by atoms with Gasteiger partial charge in [0.15, 0.2) is 15.6 Å². The number of aromatic nitrogens is 4. The number of rotatable bonds is 6. The van der Waals surface area contributed by atoms with Crippen LogP contribution in [-0.4, -0.2) is 51.6 Å². The zero-order valence-electron chi connectivity index (χ0n) is 19.5. The van der Waals surface area contributed by atoms with Crippen molar-refractivity contribution in [2.24, 2.45) is 5.92 Å². The molecule has 2 aromatic heterocycles. The summed E-state index contributed by atoms with van der Waals surface area (Å²) in [6.07, 6.45) is 3.15. The first-order valence-electron chi connectivity index (χ1n) is 11.0. The molecule has 1 N–H and O–H groups in total. The monoisotopic (exact) mass is 471 g/mol. The van der Waals surface area contributed by atoms with Crippen molar-refractivity contribution in [2.45, 2.75) is 58.2 Å². The quantitative estimate of drug-likeness (QED) is 0.545. The van der Waals surface area contributed by atoms with Gasteiger partial charge in [0.05, 0.1) is 39.8 Å². The second kappa shape index (κ2) is 8.49. The van der Waals surface area contributed by atoms with Gasteiger partial charge in [-0.2, -0.15) is 0 Å². The fourth-order valence-corrected chi connectivity index (χ4v) is 5.49. The van der Waals surface area contributed by atoms with Crippen molar-refractivity contribution in [3.63, 3.8) is 0 Å². The maximum atomic E-state index is 12.3. The van der Waals surface area contributed by atoms with Gasteiger partial charge in [-0.3, -0.25) is 4.79 Å². The topological polar surface area (TPSA) is 118 Å². The highest BCUT2D eigenvalue weighted by Crippen LogP contribution is 2.37. The van der Waals surface area contributed by atoms with Crippen LogP contribution in [0.3, 0.4) is 0 Å². The summed E-state index contributed by atoms with van der Waals surface area (Å²) in [5, 5.41) is 9.73. The van der Waals surface area contributed by atoms with Gasteiger partial charge in [-0.15, -0.1) is 0 Å². The van der Waals surface area contributed by atoms with Gasteiger partial charge in [0.1, 0.15) is 5.82 Å². The van der Waals surface area contributed by atoms with E-state index in [1.807, 2.05) is 18.4 Å². The average Bonchev–Trinajstić information content (AvgIpc) is 3.13.